The van der Waals surface area contributed by atoms with Gasteiger partial charge in [-0.05, 0) is 36.8 Å². The van der Waals surface area contributed by atoms with E-state index < -0.39 is 0 Å². The van der Waals surface area contributed by atoms with Crippen LogP contribution >= 0.6 is 11.3 Å². The van der Waals surface area contributed by atoms with Gasteiger partial charge in [-0.1, -0.05) is 0 Å². The first kappa shape index (κ1) is 9.82. The monoisotopic (exact) mass is 223 g/mol. The molecule has 1 saturated heterocycles. The fraction of sp³-hybridized carbons (Fsp3) is 0.667. The van der Waals surface area contributed by atoms with E-state index in [1.807, 2.05) is 11.3 Å². The minimum absolute atomic E-state index is 0.157. The van der Waals surface area contributed by atoms with E-state index >= 15 is 0 Å². The lowest BCUT2D eigenvalue weighted by Crippen LogP contribution is -2.50. The molecule has 0 saturated carbocycles. The minimum Gasteiger partial charge on any atom is -0.381 e. The van der Waals surface area contributed by atoms with Crippen LogP contribution in [0.3, 0.4) is 0 Å². The van der Waals surface area contributed by atoms with Gasteiger partial charge < -0.3 is 10.1 Å². The summed E-state index contributed by atoms with van der Waals surface area (Å²) >= 11 is 1.91. The predicted molar refractivity (Wildman–Crippen MR) is 62.3 cm³/mol. The van der Waals surface area contributed by atoms with Crippen LogP contribution in [0.25, 0.3) is 0 Å². The Labute approximate surface area is 94.6 Å². The lowest BCUT2D eigenvalue weighted by atomic mass is 9.77. The third-order valence-corrected chi connectivity index (χ3v) is 4.88. The molecular formula is C12H17NOS. The predicted octanol–water partition coefficient (Wildman–Crippen LogP) is 2.15. The second-order valence-corrected chi connectivity index (χ2v) is 5.70. The van der Waals surface area contributed by atoms with Crippen molar-refractivity contribution in [2.24, 2.45) is 5.92 Å². The Morgan fingerprint density at radius 2 is 2.53 bits per heavy atom. The van der Waals surface area contributed by atoms with Crippen molar-refractivity contribution in [2.75, 3.05) is 19.8 Å². The zero-order valence-electron chi connectivity index (χ0n) is 9.08. The van der Waals surface area contributed by atoms with Gasteiger partial charge >= 0.3 is 0 Å². The molecule has 0 aromatic carbocycles. The largest absolute Gasteiger partial charge is 0.381 e. The molecule has 0 radical (unpaired) electrons. The molecule has 1 aromatic rings. The molecule has 0 bridgehead atoms. The molecule has 3 rings (SSSR count). The van der Waals surface area contributed by atoms with Crippen LogP contribution in [0.4, 0.5) is 0 Å². The van der Waals surface area contributed by atoms with Crippen LogP contribution in [-0.4, -0.2) is 19.8 Å². The van der Waals surface area contributed by atoms with Crippen molar-refractivity contribution in [3.05, 3.63) is 21.9 Å². The highest BCUT2D eigenvalue weighted by Gasteiger charge is 2.41. The highest BCUT2D eigenvalue weighted by molar-refractivity contribution is 7.10. The van der Waals surface area contributed by atoms with E-state index in [4.69, 9.17) is 4.74 Å². The maximum absolute atomic E-state index is 5.53. The van der Waals surface area contributed by atoms with Crippen molar-refractivity contribution in [3.63, 3.8) is 0 Å². The van der Waals surface area contributed by atoms with Crippen molar-refractivity contribution in [1.29, 1.82) is 0 Å². The second kappa shape index (κ2) is 3.58. The van der Waals surface area contributed by atoms with Gasteiger partial charge in [0.25, 0.3) is 0 Å². The maximum Gasteiger partial charge on any atom is 0.0516 e. The quantitative estimate of drug-likeness (QED) is 0.787. The summed E-state index contributed by atoms with van der Waals surface area (Å²) < 4.78 is 5.53. The number of thiophene rings is 1. The fourth-order valence-electron chi connectivity index (χ4n) is 2.88. The van der Waals surface area contributed by atoms with E-state index in [9.17, 15) is 0 Å². The van der Waals surface area contributed by atoms with Crippen molar-refractivity contribution in [3.8, 4) is 0 Å². The SMILES string of the molecule is CC1(C2CCOC2)NCCc2sccc21. The fourth-order valence-corrected chi connectivity index (χ4v) is 3.88. The Bertz CT molecular complexity index is 356. The first-order chi connectivity index (χ1) is 7.31. The molecule has 3 heteroatoms. The van der Waals surface area contributed by atoms with Gasteiger partial charge in [-0.25, -0.2) is 0 Å². The Morgan fingerprint density at radius 3 is 3.33 bits per heavy atom. The van der Waals surface area contributed by atoms with Gasteiger partial charge in [0, 0.05) is 29.5 Å². The summed E-state index contributed by atoms with van der Waals surface area (Å²) in [4.78, 5) is 1.57. The number of rotatable bonds is 1. The molecule has 2 aliphatic rings. The topological polar surface area (TPSA) is 21.3 Å². The van der Waals surface area contributed by atoms with Gasteiger partial charge in [0.2, 0.25) is 0 Å². The summed E-state index contributed by atoms with van der Waals surface area (Å²) in [6, 6.07) is 2.30. The lowest BCUT2D eigenvalue weighted by molar-refractivity contribution is 0.149. The van der Waals surface area contributed by atoms with E-state index in [0.717, 1.165) is 19.8 Å². The van der Waals surface area contributed by atoms with Crippen LogP contribution < -0.4 is 5.32 Å². The molecule has 82 valence electrons. The normalized spacial score (nSPS) is 35.4. The van der Waals surface area contributed by atoms with Gasteiger partial charge in [-0.3, -0.25) is 0 Å². The van der Waals surface area contributed by atoms with Crippen LogP contribution in [0, 0.1) is 5.92 Å². The van der Waals surface area contributed by atoms with Crippen molar-refractivity contribution < 1.29 is 4.74 Å². The molecule has 0 spiro atoms. The molecular weight excluding hydrogens is 206 g/mol. The van der Waals surface area contributed by atoms with E-state index in [1.54, 1.807) is 4.88 Å². The number of ether oxygens (including phenoxy) is 1. The second-order valence-electron chi connectivity index (χ2n) is 4.70. The van der Waals surface area contributed by atoms with Gasteiger partial charge in [-0.15, -0.1) is 11.3 Å². The summed E-state index contributed by atoms with van der Waals surface area (Å²) in [5.74, 6) is 0.645. The van der Waals surface area contributed by atoms with Crippen molar-refractivity contribution in [2.45, 2.75) is 25.3 Å². The van der Waals surface area contributed by atoms with Crippen molar-refractivity contribution >= 4 is 11.3 Å². The summed E-state index contributed by atoms with van der Waals surface area (Å²) in [7, 11) is 0. The molecule has 2 aliphatic heterocycles. The van der Waals surface area contributed by atoms with E-state index in [-0.39, 0.29) is 5.54 Å². The summed E-state index contributed by atoms with van der Waals surface area (Å²) in [5.41, 5.74) is 1.68. The van der Waals surface area contributed by atoms with Gasteiger partial charge in [0.15, 0.2) is 0 Å². The Balaban J connectivity index is 1.99. The third-order valence-electron chi connectivity index (χ3n) is 3.90. The number of hydrogen-bond acceptors (Lipinski definition) is 3. The highest BCUT2D eigenvalue weighted by Crippen LogP contribution is 2.40. The average molecular weight is 223 g/mol. The average Bonchev–Trinajstić information content (AvgIpc) is 2.89. The smallest absolute Gasteiger partial charge is 0.0516 e. The van der Waals surface area contributed by atoms with Crippen molar-refractivity contribution in [1.82, 2.24) is 5.32 Å². The van der Waals surface area contributed by atoms with E-state index in [2.05, 4.69) is 23.7 Å². The lowest BCUT2D eigenvalue weighted by Gasteiger charge is -2.39. The van der Waals surface area contributed by atoms with Crippen LogP contribution in [-0.2, 0) is 16.7 Å². The van der Waals surface area contributed by atoms with Crippen LogP contribution in [0.5, 0.6) is 0 Å². The minimum atomic E-state index is 0.157. The van der Waals surface area contributed by atoms with Gasteiger partial charge in [0.05, 0.1) is 6.61 Å². The summed E-state index contributed by atoms with van der Waals surface area (Å²) in [6.45, 7) is 5.30. The van der Waals surface area contributed by atoms with Gasteiger partial charge in [-0.2, -0.15) is 0 Å². The first-order valence-electron chi connectivity index (χ1n) is 5.70. The zero-order valence-corrected chi connectivity index (χ0v) is 9.90. The molecule has 1 N–H and O–H groups in total. The van der Waals surface area contributed by atoms with Crippen LogP contribution in [0.15, 0.2) is 11.4 Å². The standard InChI is InChI=1S/C12H17NOS/c1-12(9-3-6-14-8-9)10-4-7-15-11(10)2-5-13-12/h4,7,9,13H,2-3,5-6,8H2,1H3. The molecule has 2 atom stereocenters. The molecule has 1 fully saturated rings. The summed E-state index contributed by atoms with van der Waals surface area (Å²) in [5, 5.41) is 5.93. The Morgan fingerprint density at radius 1 is 1.60 bits per heavy atom. The van der Waals surface area contributed by atoms with E-state index in [0.29, 0.717) is 5.92 Å². The highest BCUT2D eigenvalue weighted by atomic mass is 32.1. The summed E-state index contributed by atoms with van der Waals surface area (Å²) in [6.07, 6.45) is 2.38. The molecule has 1 aromatic heterocycles. The maximum atomic E-state index is 5.53. The van der Waals surface area contributed by atoms with Crippen LogP contribution in [0.1, 0.15) is 23.8 Å². The molecule has 2 unspecified atom stereocenters. The number of nitrogens with one attached hydrogen (secondary N) is 1. The third kappa shape index (κ3) is 1.45. The molecule has 15 heavy (non-hydrogen) atoms. The number of hydrogen-bond donors (Lipinski definition) is 1. The molecule has 3 heterocycles. The Kier molecular flexibility index (Phi) is 2.34. The first-order valence-corrected chi connectivity index (χ1v) is 6.58. The van der Waals surface area contributed by atoms with Crippen LogP contribution in [0.2, 0.25) is 0 Å². The Hall–Kier alpha value is -0.380. The zero-order chi connectivity index (χ0) is 10.3. The molecule has 0 amide bonds. The molecule has 0 aliphatic carbocycles. The van der Waals surface area contributed by atoms with Gasteiger partial charge in [0.1, 0.15) is 0 Å². The van der Waals surface area contributed by atoms with E-state index in [1.165, 1.54) is 18.4 Å². The number of fused-ring (bicyclic) bond motifs is 1. The molecule has 2 nitrogen and oxygen atoms in total.